The van der Waals surface area contributed by atoms with Gasteiger partial charge in [0.05, 0.1) is 12.2 Å². The molecule has 162 valence electrons. The minimum Gasteiger partial charge on any atom is -0.372 e. The highest BCUT2D eigenvalue weighted by molar-refractivity contribution is 5.05. The van der Waals surface area contributed by atoms with Crippen LogP contribution in [0.2, 0.25) is 0 Å². The number of piperidine rings is 2. The number of ether oxygens (including phenoxy) is 1. The molecule has 0 amide bonds. The van der Waals surface area contributed by atoms with E-state index in [1.165, 1.54) is 97.2 Å². The first-order chi connectivity index (χ1) is 13.6. The number of rotatable bonds is 3. The molecule has 4 nitrogen and oxygen atoms in total. The Hall–Kier alpha value is -0.160. The third kappa shape index (κ3) is 4.45. The van der Waals surface area contributed by atoms with Gasteiger partial charge in [0.1, 0.15) is 0 Å². The first kappa shape index (κ1) is 21.1. The fourth-order valence-electron chi connectivity index (χ4n) is 6.89. The maximum absolute atomic E-state index is 6.19. The molecule has 2 spiro atoms. The van der Waals surface area contributed by atoms with Crippen LogP contribution in [0.4, 0.5) is 0 Å². The lowest BCUT2D eigenvalue weighted by atomic mass is 9.59. The Morgan fingerprint density at radius 2 is 1.64 bits per heavy atom. The fraction of sp³-hybridized carbons (Fsp3) is 1.00. The second-order valence-corrected chi connectivity index (χ2v) is 10.6. The average Bonchev–Trinajstić information content (AvgIpc) is 2.68. The molecule has 0 aromatic rings. The van der Waals surface area contributed by atoms with Crippen LogP contribution >= 0.6 is 0 Å². The molecule has 5 aliphatic rings. The number of hydrogen-bond donors (Lipinski definition) is 1. The zero-order valence-electron chi connectivity index (χ0n) is 18.8. The molecular formula is C24H45N3O. The molecule has 0 radical (unpaired) electrons. The average molecular weight is 392 g/mol. The summed E-state index contributed by atoms with van der Waals surface area (Å²) in [6.45, 7) is 16.3. The fourth-order valence-corrected chi connectivity index (χ4v) is 6.89. The van der Waals surface area contributed by atoms with Crippen LogP contribution in [0.3, 0.4) is 0 Å². The number of nitrogens with one attached hydrogen (secondary N) is 1. The van der Waals surface area contributed by atoms with Crippen molar-refractivity contribution in [3.8, 4) is 0 Å². The molecule has 0 aromatic heterocycles. The quantitative estimate of drug-likeness (QED) is 0.793. The van der Waals surface area contributed by atoms with Crippen molar-refractivity contribution < 1.29 is 4.74 Å². The van der Waals surface area contributed by atoms with Crippen molar-refractivity contribution in [3.63, 3.8) is 0 Å². The van der Waals surface area contributed by atoms with Crippen molar-refractivity contribution in [2.24, 2.45) is 17.3 Å². The second kappa shape index (κ2) is 8.91. The zero-order chi connectivity index (χ0) is 19.6. The van der Waals surface area contributed by atoms with Crippen molar-refractivity contribution in [2.75, 3.05) is 52.4 Å². The maximum atomic E-state index is 6.19. The van der Waals surface area contributed by atoms with E-state index < -0.39 is 0 Å². The van der Waals surface area contributed by atoms with Crippen LogP contribution in [0.5, 0.6) is 0 Å². The van der Waals surface area contributed by atoms with Crippen LogP contribution < -0.4 is 5.32 Å². The van der Waals surface area contributed by atoms with Crippen LogP contribution in [-0.4, -0.2) is 73.9 Å². The molecule has 0 unspecified atom stereocenters. The van der Waals surface area contributed by atoms with Crippen molar-refractivity contribution in [1.82, 2.24) is 15.1 Å². The van der Waals surface area contributed by atoms with Crippen LogP contribution in [-0.2, 0) is 4.74 Å². The highest BCUT2D eigenvalue weighted by Crippen LogP contribution is 2.52. The second-order valence-electron chi connectivity index (χ2n) is 10.6. The van der Waals surface area contributed by atoms with E-state index in [1.54, 1.807) is 0 Å². The van der Waals surface area contributed by atoms with E-state index >= 15 is 0 Å². The van der Waals surface area contributed by atoms with E-state index in [4.69, 9.17) is 4.74 Å². The highest BCUT2D eigenvalue weighted by Gasteiger charge is 2.52. The molecule has 2 aliphatic carbocycles. The minimum atomic E-state index is 0.249. The minimum absolute atomic E-state index is 0.249. The van der Waals surface area contributed by atoms with Gasteiger partial charge in [-0.15, -0.1) is 0 Å². The number of hydrogen-bond acceptors (Lipinski definition) is 4. The molecule has 0 bridgehead atoms. The zero-order valence-corrected chi connectivity index (χ0v) is 18.8. The summed E-state index contributed by atoms with van der Waals surface area (Å²) >= 11 is 0. The Morgan fingerprint density at radius 1 is 0.964 bits per heavy atom. The number of likely N-dealkylation sites (tertiary alicyclic amines) is 1. The predicted octanol–water partition coefficient (Wildman–Crippen LogP) is 3.76. The molecule has 1 N–H and O–H groups in total. The summed E-state index contributed by atoms with van der Waals surface area (Å²) in [7, 11) is 0. The molecule has 3 aliphatic heterocycles. The summed E-state index contributed by atoms with van der Waals surface area (Å²) < 4.78 is 6.19. The van der Waals surface area contributed by atoms with E-state index in [0.717, 1.165) is 24.5 Å². The van der Waals surface area contributed by atoms with E-state index in [2.05, 4.69) is 22.0 Å². The standard InChI is InChI=1S/C22H39N3O.C2H6/c1-18-12-22(13-18)17-25(10-11-26-22)20-14-21(15-20)4-8-24(9-5-21)16-19-2-6-23-7-3-19;1-2/h18-20,23H,2-17H2,1H3;1-2H3. The van der Waals surface area contributed by atoms with Crippen molar-refractivity contribution >= 4 is 0 Å². The first-order valence-electron chi connectivity index (χ1n) is 12.4. The monoisotopic (exact) mass is 391 g/mol. The summed E-state index contributed by atoms with van der Waals surface area (Å²) in [6.07, 6.45) is 11.2. The first-order valence-corrected chi connectivity index (χ1v) is 12.4. The number of morpholine rings is 1. The van der Waals surface area contributed by atoms with E-state index in [0.29, 0.717) is 5.41 Å². The summed E-state index contributed by atoms with van der Waals surface area (Å²) in [4.78, 5) is 5.59. The smallest absolute Gasteiger partial charge is 0.0814 e. The van der Waals surface area contributed by atoms with Gasteiger partial charge in [0.2, 0.25) is 0 Å². The SMILES string of the molecule is CC.CC1CC2(C1)CN(C1CC3(CCN(CC4CCNCC4)CC3)C1)CCO2. The molecule has 2 saturated carbocycles. The number of nitrogens with zero attached hydrogens (tertiary/aromatic N) is 2. The van der Waals surface area contributed by atoms with Gasteiger partial charge in [-0.05, 0) is 94.8 Å². The van der Waals surface area contributed by atoms with Gasteiger partial charge in [-0.3, -0.25) is 4.90 Å². The Labute approximate surface area is 173 Å². The molecule has 3 heterocycles. The Bertz CT molecular complexity index is 477. The van der Waals surface area contributed by atoms with Gasteiger partial charge in [-0.2, -0.15) is 0 Å². The van der Waals surface area contributed by atoms with Crippen molar-refractivity contribution in [3.05, 3.63) is 0 Å². The highest BCUT2D eigenvalue weighted by atomic mass is 16.5. The van der Waals surface area contributed by atoms with Gasteiger partial charge < -0.3 is 15.0 Å². The summed E-state index contributed by atoms with van der Waals surface area (Å²) in [5.41, 5.74) is 0.951. The van der Waals surface area contributed by atoms with Gasteiger partial charge >= 0.3 is 0 Å². The van der Waals surface area contributed by atoms with E-state index in [1.807, 2.05) is 13.8 Å². The molecule has 4 heteroatoms. The Kier molecular flexibility index (Phi) is 6.71. The van der Waals surface area contributed by atoms with Crippen LogP contribution in [0, 0.1) is 17.3 Å². The molecule has 5 rings (SSSR count). The lowest BCUT2D eigenvalue weighted by Gasteiger charge is -2.59. The third-order valence-corrected chi connectivity index (χ3v) is 8.46. The largest absolute Gasteiger partial charge is 0.372 e. The molecule has 28 heavy (non-hydrogen) atoms. The van der Waals surface area contributed by atoms with Gasteiger partial charge in [0, 0.05) is 25.7 Å². The summed E-state index contributed by atoms with van der Waals surface area (Å²) in [5, 5.41) is 3.50. The van der Waals surface area contributed by atoms with Crippen LogP contribution in [0.1, 0.15) is 72.1 Å². The van der Waals surface area contributed by atoms with Gasteiger partial charge in [0.25, 0.3) is 0 Å². The Morgan fingerprint density at radius 3 is 2.29 bits per heavy atom. The van der Waals surface area contributed by atoms with Crippen LogP contribution in [0.15, 0.2) is 0 Å². The molecule has 5 fully saturated rings. The van der Waals surface area contributed by atoms with Gasteiger partial charge in [0.15, 0.2) is 0 Å². The molecule has 0 atom stereocenters. The molecular weight excluding hydrogens is 346 g/mol. The predicted molar refractivity (Wildman–Crippen MR) is 117 cm³/mol. The summed E-state index contributed by atoms with van der Waals surface area (Å²) in [5.74, 6) is 1.83. The summed E-state index contributed by atoms with van der Waals surface area (Å²) in [6, 6.07) is 0.864. The normalized spacial score (nSPS) is 33.8. The van der Waals surface area contributed by atoms with Crippen LogP contribution in [0.25, 0.3) is 0 Å². The lowest BCUT2D eigenvalue weighted by molar-refractivity contribution is -0.191. The topological polar surface area (TPSA) is 27.7 Å². The van der Waals surface area contributed by atoms with Gasteiger partial charge in [-0.25, -0.2) is 0 Å². The van der Waals surface area contributed by atoms with Crippen molar-refractivity contribution in [2.45, 2.75) is 83.8 Å². The van der Waals surface area contributed by atoms with E-state index in [-0.39, 0.29) is 5.60 Å². The molecule has 0 aromatic carbocycles. The Balaban J connectivity index is 0.000000932. The molecule has 3 saturated heterocycles. The van der Waals surface area contributed by atoms with Gasteiger partial charge in [-0.1, -0.05) is 20.8 Å². The van der Waals surface area contributed by atoms with Crippen molar-refractivity contribution in [1.29, 1.82) is 0 Å². The maximum Gasteiger partial charge on any atom is 0.0814 e. The third-order valence-electron chi connectivity index (χ3n) is 8.46. The lowest BCUT2D eigenvalue weighted by Crippen LogP contribution is -2.64. The van der Waals surface area contributed by atoms with E-state index in [9.17, 15) is 0 Å².